The van der Waals surface area contributed by atoms with E-state index in [4.69, 9.17) is 9.47 Å². The van der Waals surface area contributed by atoms with E-state index in [-0.39, 0.29) is 30.3 Å². The highest BCUT2D eigenvalue weighted by atomic mass is 16.6. The molecule has 3 fully saturated rings. The Balaban J connectivity index is 1.10. The molecule has 50 heavy (non-hydrogen) atoms. The predicted molar refractivity (Wildman–Crippen MR) is 192 cm³/mol. The molecule has 1 N–H and O–H groups in total. The number of aromatic nitrogens is 2. The first kappa shape index (κ1) is 35.5. The van der Waals surface area contributed by atoms with Crippen molar-refractivity contribution in [1.82, 2.24) is 15.1 Å². The van der Waals surface area contributed by atoms with Gasteiger partial charge in [-0.2, -0.15) is 5.10 Å². The molecule has 0 aliphatic heterocycles. The highest BCUT2D eigenvalue weighted by molar-refractivity contribution is 5.95. The minimum absolute atomic E-state index is 0.127. The van der Waals surface area contributed by atoms with E-state index in [1.807, 2.05) is 6.20 Å². The molecule has 6 rings (SSSR count). The SMILES string of the molecule is COC(=O)CCCNC(=O)OC1CCC(C(=O)N(CC2CCC(c3ccc(OC)c(C)c3)CC2)c2cccc(-c3cnn(C4CC4)c3)c2)CC1. The van der Waals surface area contributed by atoms with E-state index in [9.17, 15) is 14.4 Å². The number of hydrogen-bond acceptors (Lipinski definition) is 7. The average Bonchev–Trinajstić information content (AvgIpc) is 3.88. The van der Waals surface area contributed by atoms with Gasteiger partial charge in [0.1, 0.15) is 11.9 Å². The number of methoxy groups -OCH3 is 2. The highest BCUT2D eigenvalue weighted by Crippen LogP contribution is 2.40. The van der Waals surface area contributed by atoms with E-state index in [1.165, 1.54) is 31.1 Å². The minimum Gasteiger partial charge on any atom is -0.496 e. The van der Waals surface area contributed by atoms with Gasteiger partial charge >= 0.3 is 12.1 Å². The number of benzene rings is 2. The zero-order valence-electron chi connectivity index (χ0n) is 29.8. The molecule has 3 aliphatic carbocycles. The van der Waals surface area contributed by atoms with Crippen LogP contribution in [0.2, 0.25) is 0 Å². The molecule has 1 aromatic heterocycles. The van der Waals surface area contributed by atoms with Crippen LogP contribution in [0.1, 0.15) is 100 Å². The molecule has 0 saturated heterocycles. The zero-order chi connectivity index (χ0) is 35.0. The smallest absolute Gasteiger partial charge is 0.407 e. The Hall–Kier alpha value is -4.34. The molecule has 3 aromatic rings. The topological polar surface area (TPSA) is 112 Å². The van der Waals surface area contributed by atoms with Gasteiger partial charge in [-0.05, 0) is 124 Å². The summed E-state index contributed by atoms with van der Waals surface area (Å²) >= 11 is 0. The fourth-order valence-corrected chi connectivity index (χ4v) is 7.66. The monoisotopic (exact) mass is 684 g/mol. The van der Waals surface area contributed by atoms with E-state index < -0.39 is 6.09 Å². The Morgan fingerprint density at radius 3 is 2.40 bits per heavy atom. The molecule has 268 valence electrons. The molecule has 0 bridgehead atoms. The lowest BCUT2D eigenvalue weighted by Crippen LogP contribution is -2.42. The molecular weight excluding hydrogens is 632 g/mol. The number of nitrogens with zero attached hydrogens (tertiary/aromatic N) is 3. The summed E-state index contributed by atoms with van der Waals surface area (Å²) in [6, 6.07) is 15.4. The number of esters is 1. The first-order valence-corrected chi connectivity index (χ1v) is 18.4. The van der Waals surface area contributed by atoms with Crippen molar-refractivity contribution in [1.29, 1.82) is 0 Å². The Bertz CT molecular complexity index is 1620. The summed E-state index contributed by atoms with van der Waals surface area (Å²) in [5.41, 5.74) is 5.62. The van der Waals surface area contributed by atoms with Gasteiger partial charge < -0.3 is 24.4 Å². The molecule has 0 radical (unpaired) electrons. The number of rotatable bonds is 13. The summed E-state index contributed by atoms with van der Waals surface area (Å²) in [5.74, 6) is 1.59. The molecule has 2 amide bonds. The molecule has 3 aliphatic rings. The number of alkyl carbamates (subject to hydrolysis) is 1. The number of carbonyl (C=O) groups is 3. The zero-order valence-corrected chi connectivity index (χ0v) is 29.8. The van der Waals surface area contributed by atoms with Crippen LogP contribution in [0.15, 0.2) is 54.9 Å². The van der Waals surface area contributed by atoms with Gasteiger partial charge in [0.05, 0.1) is 26.5 Å². The van der Waals surface area contributed by atoms with Crippen molar-refractivity contribution in [3.8, 4) is 16.9 Å². The van der Waals surface area contributed by atoms with E-state index in [2.05, 4.69) is 80.3 Å². The third-order valence-corrected chi connectivity index (χ3v) is 10.8. The van der Waals surface area contributed by atoms with Crippen molar-refractivity contribution in [3.63, 3.8) is 0 Å². The van der Waals surface area contributed by atoms with Gasteiger partial charge in [0.25, 0.3) is 0 Å². The lowest BCUT2D eigenvalue weighted by atomic mass is 9.78. The van der Waals surface area contributed by atoms with Gasteiger partial charge in [0.15, 0.2) is 0 Å². The van der Waals surface area contributed by atoms with Gasteiger partial charge in [-0.1, -0.05) is 24.3 Å². The third kappa shape index (κ3) is 9.06. The van der Waals surface area contributed by atoms with E-state index in [0.717, 1.165) is 48.2 Å². The Morgan fingerprint density at radius 1 is 0.920 bits per heavy atom. The van der Waals surface area contributed by atoms with Crippen LogP contribution in [-0.4, -0.2) is 61.2 Å². The molecule has 0 unspecified atom stereocenters. The summed E-state index contributed by atoms with van der Waals surface area (Å²) in [7, 11) is 3.07. The Morgan fingerprint density at radius 2 is 1.70 bits per heavy atom. The number of nitrogens with one attached hydrogen (secondary N) is 1. The molecule has 0 spiro atoms. The largest absolute Gasteiger partial charge is 0.496 e. The molecular formula is C40H52N4O6. The van der Waals surface area contributed by atoms with E-state index >= 15 is 0 Å². The van der Waals surface area contributed by atoms with Crippen LogP contribution < -0.4 is 15.0 Å². The number of aryl methyl sites for hydroxylation is 1. The van der Waals surface area contributed by atoms with Gasteiger partial charge in [0, 0.05) is 42.9 Å². The second-order valence-electron chi connectivity index (χ2n) is 14.4. The quantitative estimate of drug-likeness (QED) is 0.145. The number of amides is 2. The van der Waals surface area contributed by atoms with Gasteiger partial charge in [-0.15, -0.1) is 0 Å². The Kier molecular flexibility index (Phi) is 11.8. The summed E-state index contributed by atoms with van der Waals surface area (Å²) in [6.07, 6.45) is 13.4. The maximum absolute atomic E-state index is 14.4. The summed E-state index contributed by atoms with van der Waals surface area (Å²) in [4.78, 5) is 40.2. The fraction of sp³-hybridized carbons (Fsp3) is 0.550. The Labute approximate surface area is 295 Å². The van der Waals surface area contributed by atoms with Gasteiger partial charge in [-0.25, -0.2) is 4.79 Å². The number of anilines is 1. The molecule has 10 heteroatoms. The number of hydrogen-bond donors (Lipinski definition) is 1. The minimum atomic E-state index is -0.478. The predicted octanol–water partition coefficient (Wildman–Crippen LogP) is 7.75. The lowest BCUT2D eigenvalue weighted by molar-refractivity contribution is -0.140. The molecule has 3 saturated carbocycles. The van der Waals surface area contributed by atoms with Crippen LogP contribution in [0.25, 0.3) is 11.1 Å². The highest BCUT2D eigenvalue weighted by Gasteiger charge is 2.34. The van der Waals surface area contributed by atoms with Crippen LogP contribution in [0.3, 0.4) is 0 Å². The number of ether oxygens (including phenoxy) is 3. The standard InChI is InChI=1S/C40H52N4O6/c1-27-22-32(15-20-37(27)48-2)29-11-9-28(10-12-29)25-43(35-7-4-6-31(23-35)33-24-42-44(26-33)34-16-17-34)39(46)30-13-18-36(19-14-30)50-40(47)41-21-5-8-38(45)49-3/h4,6-7,15,20,22-24,26,28-30,34,36H,5,8-14,16-19,21,25H2,1-3H3,(H,41,47). The van der Waals surface area contributed by atoms with Crippen molar-refractivity contribution in [2.45, 2.75) is 102 Å². The second kappa shape index (κ2) is 16.6. The van der Waals surface area contributed by atoms with Crippen molar-refractivity contribution >= 4 is 23.7 Å². The normalized spacial score (nSPS) is 22.0. The van der Waals surface area contributed by atoms with Crippen LogP contribution in [-0.2, 0) is 19.1 Å². The maximum Gasteiger partial charge on any atom is 0.407 e. The first-order valence-electron chi connectivity index (χ1n) is 18.4. The van der Waals surface area contributed by atoms with Gasteiger partial charge in [0.2, 0.25) is 5.91 Å². The summed E-state index contributed by atoms with van der Waals surface area (Å²) in [6.45, 7) is 3.15. The summed E-state index contributed by atoms with van der Waals surface area (Å²) in [5, 5.41) is 7.33. The molecule has 0 atom stereocenters. The second-order valence-corrected chi connectivity index (χ2v) is 14.4. The van der Waals surface area contributed by atoms with Gasteiger partial charge in [-0.3, -0.25) is 14.3 Å². The van der Waals surface area contributed by atoms with Crippen molar-refractivity contribution in [2.24, 2.45) is 11.8 Å². The first-order chi connectivity index (χ1) is 24.3. The van der Waals surface area contributed by atoms with E-state index in [1.54, 1.807) is 7.11 Å². The third-order valence-electron chi connectivity index (χ3n) is 10.8. The van der Waals surface area contributed by atoms with E-state index in [0.29, 0.717) is 63.1 Å². The summed E-state index contributed by atoms with van der Waals surface area (Å²) < 4.78 is 17.9. The van der Waals surface area contributed by atoms with Crippen LogP contribution in [0.5, 0.6) is 5.75 Å². The molecule has 2 aromatic carbocycles. The van der Waals surface area contributed by atoms with Crippen molar-refractivity contribution < 1.29 is 28.6 Å². The number of carbonyl (C=O) groups excluding carboxylic acids is 3. The van der Waals surface area contributed by atoms with Crippen LogP contribution in [0.4, 0.5) is 10.5 Å². The van der Waals surface area contributed by atoms with Crippen LogP contribution >= 0.6 is 0 Å². The van der Waals surface area contributed by atoms with Crippen molar-refractivity contribution in [2.75, 3.05) is 32.2 Å². The lowest BCUT2D eigenvalue weighted by Gasteiger charge is -2.36. The average molecular weight is 685 g/mol. The molecule has 1 heterocycles. The fourth-order valence-electron chi connectivity index (χ4n) is 7.66. The molecule has 10 nitrogen and oxygen atoms in total. The van der Waals surface area contributed by atoms with Crippen LogP contribution in [0, 0.1) is 18.8 Å². The maximum atomic E-state index is 14.4. The van der Waals surface area contributed by atoms with Crippen molar-refractivity contribution in [3.05, 3.63) is 66.0 Å².